The first-order valence-electron chi connectivity index (χ1n) is 9.89. The summed E-state index contributed by atoms with van der Waals surface area (Å²) >= 11 is 0. The van der Waals surface area contributed by atoms with Gasteiger partial charge in [0.15, 0.2) is 0 Å². The molecule has 26 heavy (non-hydrogen) atoms. The van der Waals surface area contributed by atoms with Gasteiger partial charge in [-0.15, -0.1) is 0 Å². The minimum atomic E-state index is -0.840. The fourth-order valence-corrected chi connectivity index (χ4v) is 2.94. The number of carboxylic acid groups (broad SMARTS) is 1. The molecule has 0 aliphatic carbocycles. The third-order valence-electron chi connectivity index (χ3n) is 4.53. The fourth-order valence-electron chi connectivity index (χ4n) is 2.94. The lowest BCUT2D eigenvalue weighted by Crippen LogP contribution is -2.02. The predicted molar refractivity (Wildman–Crippen MR) is 106 cm³/mol. The standard InChI is InChI=1S/C22H34O4/c1-2-3-4-5-6-7-12-20(23)16-15-18-10-8-11-19(17-18)21(24)13-9-14-22(25)26/h8,10-11,15-17,20-21,23-24H,2-7,9,12-14H2,1H3,(H,25,26). The van der Waals surface area contributed by atoms with Crippen molar-refractivity contribution in [2.45, 2.75) is 83.3 Å². The van der Waals surface area contributed by atoms with Gasteiger partial charge in [-0.05, 0) is 36.5 Å². The zero-order chi connectivity index (χ0) is 19.2. The van der Waals surface area contributed by atoms with E-state index >= 15 is 0 Å². The third-order valence-corrected chi connectivity index (χ3v) is 4.53. The van der Waals surface area contributed by atoms with Crippen molar-refractivity contribution in [2.75, 3.05) is 0 Å². The van der Waals surface area contributed by atoms with Crippen molar-refractivity contribution < 1.29 is 20.1 Å². The van der Waals surface area contributed by atoms with Crippen LogP contribution in [-0.2, 0) is 4.79 Å². The minimum Gasteiger partial charge on any atom is -0.481 e. The third kappa shape index (κ3) is 10.4. The molecule has 0 aliphatic rings. The summed E-state index contributed by atoms with van der Waals surface area (Å²) in [7, 11) is 0. The highest BCUT2D eigenvalue weighted by Gasteiger charge is 2.09. The van der Waals surface area contributed by atoms with Gasteiger partial charge in [-0.1, -0.05) is 75.8 Å². The van der Waals surface area contributed by atoms with Crippen LogP contribution in [0.4, 0.5) is 0 Å². The van der Waals surface area contributed by atoms with Crippen LogP contribution in [0.3, 0.4) is 0 Å². The number of aliphatic carboxylic acids is 1. The molecule has 0 saturated heterocycles. The van der Waals surface area contributed by atoms with Crippen LogP contribution in [0.5, 0.6) is 0 Å². The van der Waals surface area contributed by atoms with Gasteiger partial charge in [0.2, 0.25) is 0 Å². The zero-order valence-corrected chi connectivity index (χ0v) is 15.9. The van der Waals surface area contributed by atoms with Crippen molar-refractivity contribution in [1.29, 1.82) is 0 Å². The van der Waals surface area contributed by atoms with Gasteiger partial charge in [0.05, 0.1) is 12.2 Å². The number of carbonyl (C=O) groups is 1. The van der Waals surface area contributed by atoms with Crippen molar-refractivity contribution >= 4 is 12.0 Å². The number of carboxylic acids is 1. The van der Waals surface area contributed by atoms with E-state index in [0.29, 0.717) is 12.8 Å². The van der Waals surface area contributed by atoms with Gasteiger partial charge in [0.1, 0.15) is 0 Å². The van der Waals surface area contributed by atoms with Gasteiger partial charge in [-0.2, -0.15) is 0 Å². The second-order valence-electron chi connectivity index (χ2n) is 6.95. The van der Waals surface area contributed by atoms with E-state index < -0.39 is 18.2 Å². The summed E-state index contributed by atoms with van der Waals surface area (Å²) in [5.74, 6) is -0.840. The van der Waals surface area contributed by atoms with Crippen LogP contribution in [0.1, 0.15) is 88.4 Å². The second kappa shape index (κ2) is 13.5. The number of hydrogen-bond acceptors (Lipinski definition) is 3. The molecule has 0 spiro atoms. The van der Waals surface area contributed by atoms with Gasteiger partial charge >= 0.3 is 5.97 Å². The van der Waals surface area contributed by atoms with Gasteiger partial charge in [0, 0.05) is 6.42 Å². The summed E-state index contributed by atoms with van der Waals surface area (Å²) in [5.41, 5.74) is 1.71. The van der Waals surface area contributed by atoms with Gasteiger partial charge in [-0.3, -0.25) is 4.79 Å². The van der Waals surface area contributed by atoms with E-state index in [1.807, 2.05) is 36.4 Å². The number of aliphatic hydroxyl groups excluding tert-OH is 2. The lowest BCUT2D eigenvalue weighted by atomic mass is 10.0. The quantitative estimate of drug-likeness (QED) is 0.402. The first kappa shape index (κ1) is 22.4. The summed E-state index contributed by atoms with van der Waals surface area (Å²) in [6, 6.07) is 7.53. The largest absolute Gasteiger partial charge is 0.481 e. The lowest BCUT2D eigenvalue weighted by Gasteiger charge is -2.11. The van der Waals surface area contributed by atoms with Gasteiger partial charge in [0.25, 0.3) is 0 Å². The topological polar surface area (TPSA) is 77.8 Å². The van der Waals surface area contributed by atoms with E-state index in [2.05, 4.69) is 6.92 Å². The minimum absolute atomic E-state index is 0.0707. The summed E-state index contributed by atoms with van der Waals surface area (Å²) in [6.45, 7) is 2.21. The van der Waals surface area contributed by atoms with Crippen molar-refractivity contribution in [2.24, 2.45) is 0 Å². The molecule has 0 aliphatic heterocycles. The number of hydrogen-bond donors (Lipinski definition) is 3. The first-order chi connectivity index (χ1) is 12.5. The monoisotopic (exact) mass is 362 g/mol. The molecule has 0 amide bonds. The highest BCUT2D eigenvalue weighted by molar-refractivity contribution is 5.66. The summed E-state index contributed by atoms with van der Waals surface area (Å²) in [5, 5.41) is 28.9. The van der Waals surface area contributed by atoms with Crippen LogP contribution >= 0.6 is 0 Å². The number of rotatable bonds is 14. The molecule has 0 saturated carbocycles. The fraction of sp³-hybridized carbons (Fsp3) is 0.591. The Morgan fingerprint density at radius 2 is 1.77 bits per heavy atom. The van der Waals surface area contributed by atoms with E-state index in [0.717, 1.165) is 24.0 Å². The Morgan fingerprint density at radius 1 is 1.04 bits per heavy atom. The molecule has 0 heterocycles. The maximum absolute atomic E-state index is 10.5. The first-order valence-corrected chi connectivity index (χ1v) is 9.89. The van der Waals surface area contributed by atoms with Crippen LogP contribution in [0.25, 0.3) is 6.08 Å². The van der Waals surface area contributed by atoms with Crippen molar-refractivity contribution in [3.05, 3.63) is 41.5 Å². The average Bonchev–Trinajstić information content (AvgIpc) is 2.62. The molecule has 0 fully saturated rings. The molecule has 0 radical (unpaired) electrons. The Bertz CT molecular complexity index is 539. The normalized spacial score (nSPS) is 13.8. The van der Waals surface area contributed by atoms with E-state index in [9.17, 15) is 15.0 Å². The van der Waals surface area contributed by atoms with Crippen molar-refractivity contribution in [3.8, 4) is 0 Å². The number of aliphatic hydroxyl groups is 2. The van der Waals surface area contributed by atoms with Crippen molar-refractivity contribution in [3.63, 3.8) is 0 Å². The van der Waals surface area contributed by atoms with Crippen LogP contribution in [0.15, 0.2) is 30.3 Å². The van der Waals surface area contributed by atoms with Crippen molar-refractivity contribution in [1.82, 2.24) is 0 Å². The van der Waals surface area contributed by atoms with Crippen LogP contribution in [0, 0.1) is 0 Å². The van der Waals surface area contributed by atoms with E-state index in [4.69, 9.17) is 5.11 Å². The Morgan fingerprint density at radius 3 is 2.50 bits per heavy atom. The Balaban J connectivity index is 2.39. The molecule has 0 bridgehead atoms. The Hall–Kier alpha value is -1.65. The molecular weight excluding hydrogens is 328 g/mol. The predicted octanol–water partition coefficient (Wildman–Crippen LogP) is 5.10. The SMILES string of the molecule is CCCCCCCCC(O)C=Cc1cccc(C(O)CCCC(=O)O)c1. The lowest BCUT2D eigenvalue weighted by molar-refractivity contribution is -0.137. The molecule has 1 rings (SSSR count). The average molecular weight is 363 g/mol. The van der Waals surface area contributed by atoms with Gasteiger partial charge < -0.3 is 15.3 Å². The maximum atomic E-state index is 10.5. The zero-order valence-electron chi connectivity index (χ0n) is 15.9. The maximum Gasteiger partial charge on any atom is 0.303 e. The summed E-state index contributed by atoms with van der Waals surface area (Å²) in [6.07, 6.45) is 11.6. The van der Waals surface area contributed by atoms with Gasteiger partial charge in [-0.25, -0.2) is 0 Å². The van der Waals surface area contributed by atoms with E-state index in [1.54, 1.807) is 0 Å². The number of benzene rings is 1. The Labute approximate surface area is 157 Å². The van der Waals surface area contributed by atoms with Crippen LogP contribution in [-0.4, -0.2) is 27.4 Å². The molecule has 2 atom stereocenters. The molecule has 4 heteroatoms. The number of unbranched alkanes of at least 4 members (excludes halogenated alkanes) is 5. The van der Waals surface area contributed by atoms with Crippen LogP contribution < -0.4 is 0 Å². The Kier molecular flexibility index (Phi) is 11.7. The molecule has 4 nitrogen and oxygen atoms in total. The molecule has 2 unspecified atom stereocenters. The van der Waals surface area contributed by atoms with E-state index in [-0.39, 0.29) is 6.42 Å². The highest BCUT2D eigenvalue weighted by Crippen LogP contribution is 2.21. The molecule has 1 aromatic carbocycles. The molecule has 0 aromatic heterocycles. The summed E-state index contributed by atoms with van der Waals surface area (Å²) in [4.78, 5) is 10.5. The highest BCUT2D eigenvalue weighted by atomic mass is 16.4. The smallest absolute Gasteiger partial charge is 0.303 e. The van der Waals surface area contributed by atoms with Crippen LogP contribution in [0.2, 0.25) is 0 Å². The summed E-state index contributed by atoms with van der Waals surface area (Å²) < 4.78 is 0. The molecule has 146 valence electrons. The molecule has 1 aromatic rings. The molecular formula is C22H34O4. The second-order valence-corrected chi connectivity index (χ2v) is 6.95. The van der Waals surface area contributed by atoms with E-state index in [1.165, 1.54) is 32.1 Å². The molecule has 3 N–H and O–H groups in total.